The first-order chi connectivity index (χ1) is 12.8. The Morgan fingerprint density at radius 2 is 1.59 bits per heavy atom. The number of rotatable bonds is 8. The van der Waals surface area contributed by atoms with Gasteiger partial charge in [0, 0.05) is 32.1 Å². The molecule has 0 N–H and O–H groups in total. The van der Waals surface area contributed by atoms with E-state index in [1.165, 1.54) is 4.31 Å². The molecule has 0 unspecified atom stereocenters. The van der Waals surface area contributed by atoms with E-state index in [1.807, 2.05) is 17.0 Å². The van der Waals surface area contributed by atoms with Crippen LogP contribution in [0.4, 0.5) is 0 Å². The molecule has 1 aliphatic rings. The average Bonchev–Trinajstić information content (AvgIpc) is 2.67. The highest BCUT2D eigenvalue weighted by Gasteiger charge is 2.33. The van der Waals surface area contributed by atoms with E-state index in [4.69, 9.17) is 0 Å². The molecule has 1 heterocycles. The molecule has 27 heavy (non-hydrogen) atoms. The van der Waals surface area contributed by atoms with Gasteiger partial charge in [0.05, 0.1) is 4.90 Å². The molecule has 0 radical (unpaired) electrons. The first-order valence-electron chi connectivity index (χ1n) is 10.2. The number of amides is 1. The fraction of sp³-hybridized carbons (Fsp3) is 0.667. The van der Waals surface area contributed by atoms with Gasteiger partial charge in [0.1, 0.15) is 0 Å². The van der Waals surface area contributed by atoms with Crippen molar-refractivity contribution >= 4 is 15.9 Å². The van der Waals surface area contributed by atoms with Crippen LogP contribution >= 0.6 is 0 Å². The number of piperidine rings is 1. The molecule has 1 aliphatic heterocycles. The minimum Gasteiger partial charge on any atom is -0.342 e. The molecule has 0 saturated carbocycles. The van der Waals surface area contributed by atoms with Crippen LogP contribution in [0.2, 0.25) is 0 Å². The fourth-order valence-corrected chi connectivity index (χ4v) is 5.12. The summed E-state index contributed by atoms with van der Waals surface area (Å²) >= 11 is 0. The topological polar surface area (TPSA) is 57.7 Å². The molecule has 2 rings (SSSR count). The molecule has 5 nitrogen and oxygen atoms in total. The van der Waals surface area contributed by atoms with Crippen LogP contribution in [0.5, 0.6) is 0 Å². The van der Waals surface area contributed by atoms with Gasteiger partial charge in [0.15, 0.2) is 0 Å². The summed E-state index contributed by atoms with van der Waals surface area (Å²) in [5.74, 6) is 0.507. The number of hydrogen-bond donors (Lipinski definition) is 0. The van der Waals surface area contributed by atoms with Gasteiger partial charge in [0.2, 0.25) is 15.9 Å². The second-order valence-electron chi connectivity index (χ2n) is 7.73. The number of benzene rings is 1. The summed E-state index contributed by atoms with van der Waals surface area (Å²) in [6, 6.07) is 7.18. The molecule has 0 aromatic heterocycles. The molecular weight excluding hydrogens is 360 g/mol. The SMILES string of the molecule is CCCN(CCC)C(=O)C1CCN(S(=O)(=O)c2ccc(C(C)C)cc2)CC1. The molecule has 1 saturated heterocycles. The lowest BCUT2D eigenvalue weighted by molar-refractivity contribution is -0.136. The van der Waals surface area contributed by atoms with E-state index >= 15 is 0 Å². The van der Waals surface area contributed by atoms with Crippen molar-refractivity contribution in [3.63, 3.8) is 0 Å². The lowest BCUT2D eigenvalue weighted by atomic mass is 9.96. The first-order valence-corrected chi connectivity index (χ1v) is 11.6. The van der Waals surface area contributed by atoms with Gasteiger partial charge in [-0.1, -0.05) is 39.8 Å². The van der Waals surface area contributed by atoms with Crippen molar-refractivity contribution in [1.82, 2.24) is 9.21 Å². The molecule has 6 heteroatoms. The van der Waals surface area contributed by atoms with Crippen molar-refractivity contribution in [2.24, 2.45) is 5.92 Å². The van der Waals surface area contributed by atoms with Crippen LogP contribution in [0.3, 0.4) is 0 Å². The van der Waals surface area contributed by atoms with E-state index in [-0.39, 0.29) is 11.8 Å². The van der Waals surface area contributed by atoms with E-state index in [9.17, 15) is 13.2 Å². The highest BCUT2D eigenvalue weighted by atomic mass is 32.2. The first kappa shape index (κ1) is 21.9. The summed E-state index contributed by atoms with van der Waals surface area (Å²) < 4.78 is 27.4. The number of sulfonamides is 1. The van der Waals surface area contributed by atoms with Gasteiger partial charge in [-0.2, -0.15) is 4.31 Å². The Morgan fingerprint density at radius 3 is 2.04 bits per heavy atom. The number of hydrogen-bond acceptors (Lipinski definition) is 3. The van der Waals surface area contributed by atoms with Crippen molar-refractivity contribution in [2.45, 2.75) is 64.2 Å². The molecular formula is C21H34N2O3S. The second kappa shape index (κ2) is 9.69. The summed E-state index contributed by atoms with van der Waals surface area (Å²) in [6.07, 6.45) is 3.11. The van der Waals surface area contributed by atoms with Crippen LogP contribution in [0.25, 0.3) is 0 Å². The molecule has 0 atom stereocenters. The van der Waals surface area contributed by atoms with Gasteiger partial charge in [-0.05, 0) is 49.3 Å². The molecule has 1 fully saturated rings. The predicted molar refractivity (Wildman–Crippen MR) is 109 cm³/mol. The maximum Gasteiger partial charge on any atom is 0.243 e. The van der Waals surface area contributed by atoms with E-state index in [1.54, 1.807) is 12.1 Å². The highest BCUT2D eigenvalue weighted by Crippen LogP contribution is 2.26. The number of nitrogens with zero attached hydrogens (tertiary/aromatic N) is 2. The zero-order valence-electron chi connectivity index (χ0n) is 17.1. The Bertz CT molecular complexity index is 699. The van der Waals surface area contributed by atoms with Crippen LogP contribution in [-0.4, -0.2) is 49.7 Å². The third-order valence-corrected chi connectivity index (χ3v) is 7.20. The van der Waals surface area contributed by atoms with E-state index < -0.39 is 10.0 Å². The minimum atomic E-state index is -3.49. The summed E-state index contributed by atoms with van der Waals surface area (Å²) in [5.41, 5.74) is 1.13. The second-order valence-corrected chi connectivity index (χ2v) is 9.67. The van der Waals surface area contributed by atoms with E-state index in [0.29, 0.717) is 36.7 Å². The quantitative estimate of drug-likeness (QED) is 0.673. The van der Waals surface area contributed by atoms with Crippen molar-refractivity contribution < 1.29 is 13.2 Å². The zero-order chi connectivity index (χ0) is 20.0. The van der Waals surface area contributed by atoms with Gasteiger partial charge >= 0.3 is 0 Å². The minimum absolute atomic E-state index is 0.0575. The molecule has 1 aromatic rings. The third kappa shape index (κ3) is 5.32. The van der Waals surface area contributed by atoms with Crippen LogP contribution in [0.1, 0.15) is 64.9 Å². The van der Waals surface area contributed by atoms with Gasteiger partial charge in [0.25, 0.3) is 0 Å². The van der Waals surface area contributed by atoms with Crippen molar-refractivity contribution in [3.8, 4) is 0 Å². The summed E-state index contributed by atoms with van der Waals surface area (Å²) in [4.78, 5) is 15.1. The van der Waals surface area contributed by atoms with Crippen molar-refractivity contribution in [1.29, 1.82) is 0 Å². The van der Waals surface area contributed by atoms with Gasteiger partial charge in [-0.3, -0.25) is 4.79 Å². The smallest absolute Gasteiger partial charge is 0.243 e. The maximum atomic E-state index is 12.9. The summed E-state index contributed by atoms with van der Waals surface area (Å²) in [7, 11) is -3.49. The Morgan fingerprint density at radius 1 is 1.07 bits per heavy atom. The predicted octanol–water partition coefficient (Wildman–Crippen LogP) is 3.86. The average molecular weight is 395 g/mol. The van der Waals surface area contributed by atoms with E-state index in [2.05, 4.69) is 27.7 Å². The van der Waals surface area contributed by atoms with Crippen molar-refractivity contribution in [3.05, 3.63) is 29.8 Å². The van der Waals surface area contributed by atoms with Gasteiger partial charge in [-0.25, -0.2) is 8.42 Å². The van der Waals surface area contributed by atoms with Crippen LogP contribution in [0, 0.1) is 5.92 Å². The monoisotopic (exact) mass is 394 g/mol. The lowest BCUT2D eigenvalue weighted by Crippen LogP contribution is -2.44. The number of carbonyl (C=O) groups excluding carboxylic acids is 1. The molecule has 0 bridgehead atoms. The van der Waals surface area contributed by atoms with Crippen molar-refractivity contribution in [2.75, 3.05) is 26.2 Å². The standard InChI is InChI=1S/C21H34N2O3S/c1-5-13-22(14-6-2)21(24)19-11-15-23(16-12-19)27(25,26)20-9-7-18(8-10-20)17(3)4/h7-10,17,19H,5-6,11-16H2,1-4H3. The Balaban J connectivity index is 2.02. The molecule has 1 amide bonds. The Hall–Kier alpha value is -1.40. The largest absolute Gasteiger partial charge is 0.342 e. The molecule has 0 aliphatic carbocycles. The van der Waals surface area contributed by atoms with Crippen LogP contribution in [0.15, 0.2) is 29.2 Å². The normalized spacial score (nSPS) is 16.6. The fourth-order valence-electron chi connectivity index (χ4n) is 3.65. The lowest BCUT2D eigenvalue weighted by Gasteiger charge is -2.33. The highest BCUT2D eigenvalue weighted by molar-refractivity contribution is 7.89. The van der Waals surface area contributed by atoms with Crippen LogP contribution < -0.4 is 0 Å². The molecule has 1 aromatic carbocycles. The zero-order valence-corrected chi connectivity index (χ0v) is 18.0. The van der Waals surface area contributed by atoms with E-state index in [0.717, 1.165) is 31.5 Å². The Labute approximate surface area is 164 Å². The molecule has 152 valence electrons. The summed E-state index contributed by atoms with van der Waals surface area (Å²) in [6.45, 7) is 10.7. The third-order valence-electron chi connectivity index (χ3n) is 5.29. The Kier molecular flexibility index (Phi) is 7.86. The van der Waals surface area contributed by atoms with Gasteiger partial charge < -0.3 is 4.90 Å². The van der Waals surface area contributed by atoms with Gasteiger partial charge in [-0.15, -0.1) is 0 Å². The van der Waals surface area contributed by atoms with Crippen LogP contribution in [-0.2, 0) is 14.8 Å². The molecule has 0 spiro atoms. The number of carbonyl (C=O) groups is 1. The maximum absolute atomic E-state index is 12.9. The summed E-state index contributed by atoms with van der Waals surface area (Å²) in [5, 5.41) is 0.